The fourth-order valence-electron chi connectivity index (χ4n) is 4.42. The number of amides is 4. The van der Waals surface area contributed by atoms with Crippen molar-refractivity contribution in [2.24, 2.45) is 0 Å². The lowest BCUT2D eigenvalue weighted by Gasteiger charge is -2.36. The van der Waals surface area contributed by atoms with Crippen LogP contribution in [0, 0.1) is 0 Å². The first kappa shape index (κ1) is 25.9. The molecule has 32 heavy (non-hydrogen) atoms. The van der Waals surface area contributed by atoms with Gasteiger partial charge in [-0.25, -0.2) is 9.59 Å². The summed E-state index contributed by atoms with van der Waals surface area (Å²) in [5, 5.41) is 14.7. The van der Waals surface area contributed by atoms with Crippen LogP contribution in [0.1, 0.15) is 97.8 Å². The first-order valence-electron chi connectivity index (χ1n) is 11.9. The van der Waals surface area contributed by atoms with Crippen molar-refractivity contribution in [3.8, 4) is 0 Å². The average Bonchev–Trinajstić information content (AvgIpc) is 2.71. The molecule has 4 amide bonds. The minimum Gasteiger partial charge on any atom is -0.481 e. The second kappa shape index (κ2) is 12.1. The van der Waals surface area contributed by atoms with Crippen LogP contribution < -0.4 is 10.6 Å². The standard InChI is InChI=1S/C23H39N3O6/c1-23(2,3)32-22(31)25-18(14-15-19(27)28)20(29)26(17-12-8-5-9-13-17)21(30)24-16-10-6-4-7-11-16/h16-18H,4-15H2,1-3H3,(H,24,30)(H,25,31)(H,27,28). The Morgan fingerprint density at radius 3 is 2.06 bits per heavy atom. The zero-order chi connectivity index (χ0) is 23.7. The van der Waals surface area contributed by atoms with Crippen LogP contribution in [-0.2, 0) is 14.3 Å². The van der Waals surface area contributed by atoms with Crippen LogP contribution in [-0.4, -0.2) is 57.7 Å². The summed E-state index contributed by atoms with van der Waals surface area (Å²) in [5.41, 5.74) is -0.772. The first-order valence-corrected chi connectivity index (χ1v) is 11.9. The molecular weight excluding hydrogens is 414 g/mol. The minimum atomic E-state index is -1.15. The van der Waals surface area contributed by atoms with Gasteiger partial charge in [0.1, 0.15) is 11.6 Å². The maximum absolute atomic E-state index is 13.5. The van der Waals surface area contributed by atoms with Crippen LogP contribution in [0.25, 0.3) is 0 Å². The van der Waals surface area contributed by atoms with E-state index in [-0.39, 0.29) is 24.9 Å². The highest BCUT2D eigenvalue weighted by molar-refractivity contribution is 5.99. The van der Waals surface area contributed by atoms with E-state index in [0.29, 0.717) is 12.8 Å². The Labute approximate surface area is 190 Å². The number of alkyl carbamates (subject to hydrolysis) is 1. The molecular formula is C23H39N3O6. The smallest absolute Gasteiger partial charge is 0.408 e. The molecule has 0 bridgehead atoms. The maximum Gasteiger partial charge on any atom is 0.408 e. The van der Waals surface area contributed by atoms with Crippen LogP contribution in [0.15, 0.2) is 0 Å². The normalized spacial score (nSPS) is 19.0. The summed E-state index contributed by atoms with van der Waals surface area (Å²) in [7, 11) is 0. The Balaban J connectivity index is 2.20. The van der Waals surface area contributed by atoms with Gasteiger partial charge in [0.2, 0.25) is 0 Å². The van der Waals surface area contributed by atoms with Gasteiger partial charge in [-0.05, 0) is 52.9 Å². The minimum absolute atomic E-state index is 0.0337. The van der Waals surface area contributed by atoms with Crippen molar-refractivity contribution in [2.45, 2.75) is 122 Å². The van der Waals surface area contributed by atoms with E-state index in [2.05, 4.69) is 10.6 Å². The molecule has 0 aromatic rings. The van der Waals surface area contributed by atoms with Gasteiger partial charge in [-0.3, -0.25) is 14.5 Å². The summed E-state index contributed by atoms with van der Waals surface area (Å²) >= 11 is 0. The molecule has 2 saturated carbocycles. The lowest BCUT2D eigenvalue weighted by atomic mass is 9.93. The van der Waals surface area contributed by atoms with E-state index in [4.69, 9.17) is 9.84 Å². The van der Waals surface area contributed by atoms with Gasteiger partial charge in [-0.1, -0.05) is 38.5 Å². The average molecular weight is 454 g/mol. The van der Waals surface area contributed by atoms with E-state index in [1.165, 1.54) is 4.90 Å². The van der Waals surface area contributed by atoms with E-state index in [1.54, 1.807) is 20.8 Å². The molecule has 3 N–H and O–H groups in total. The number of hydrogen-bond donors (Lipinski definition) is 3. The van der Waals surface area contributed by atoms with Crippen LogP contribution in [0.5, 0.6) is 0 Å². The SMILES string of the molecule is CC(C)(C)OC(=O)NC(CCC(=O)O)C(=O)N(C(=O)NC1CCCCC1)C1CCCCC1. The number of carbonyl (C=O) groups is 4. The van der Waals surface area contributed by atoms with Crippen molar-refractivity contribution in [3.05, 3.63) is 0 Å². The summed E-state index contributed by atoms with van der Waals surface area (Å²) in [4.78, 5) is 51.5. The zero-order valence-electron chi connectivity index (χ0n) is 19.7. The molecule has 2 fully saturated rings. The highest BCUT2D eigenvalue weighted by Gasteiger charge is 2.37. The van der Waals surface area contributed by atoms with Crippen LogP contribution in [0.4, 0.5) is 9.59 Å². The van der Waals surface area contributed by atoms with Gasteiger partial charge in [-0.15, -0.1) is 0 Å². The molecule has 9 heteroatoms. The van der Waals surface area contributed by atoms with Gasteiger partial charge in [0.25, 0.3) is 5.91 Å². The van der Waals surface area contributed by atoms with E-state index in [1.807, 2.05) is 0 Å². The molecule has 0 aromatic heterocycles. The van der Waals surface area contributed by atoms with Crippen LogP contribution >= 0.6 is 0 Å². The summed E-state index contributed by atoms with van der Waals surface area (Å²) < 4.78 is 5.26. The third-order valence-corrected chi connectivity index (χ3v) is 5.96. The Bertz CT molecular complexity index is 663. The van der Waals surface area contributed by atoms with Gasteiger partial charge in [-0.2, -0.15) is 0 Å². The number of aliphatic carboxylic acids is 1. The second-order valence-corrected chi connectivity index (χ2v) is 9.92. The summed E-state index contributed by atoms with van der Waals surface area (Å²) in [5.74, 6) is -1.65. The first-order chi connectivity index (χ1) is 15.1. The number of carbonyl (C=O) groups excluding carboxylic acids is 3. The Morgan fingerprint density at radius 2 is 1.53 bits per heavy atom. The number of rotatable bonds is 7. The lowest BCUT2D eigenvalue weighted by Crippen LogP contribution is -2.58. The molecule has 182 valence electrons. The number of nitrogens with zero attached hydrogens (tertiary/aromatic N) is 1. The molecule has 0 radical (unpaired) electrons. The molecule has 0 aromatic carbocycles. The largest absolute Gasteiger partial charge is 0.481 e. The summed E-state index contributed by atoms with van der Waals surface area (Å²) in [6.07, 6.45) is 8.09. The van der Waals surface area contributed by atoms with Crippen molar-refractivity contribution >= 4 is 24.0 Å². The maximum atomic E-state index is 13.5. The lowest BCUT2D eigenvalue weighted by molar-refractivity contribution is -0.138. The van der Waals surface area contributed by atoms with Crippen LogP contribution in [0.2, 0.25) is 0 Å². The third-order valence-electron chi connectivity index (χ3n) is 5.96. The predicted octanol–water partition coefficient (Wildman–Crippen LogP) is 3.95. The van der Waals surface area contributed by atoms with Crippen molar-refractivity contribution in [1.82, 2.24) is 15.5 Å². The summed E-state index contributed by atoms with van der Waals surface area (Å²) in [6, 6.07) is -1.82. The predicted molar refractivity (Wildman–Crippen MR) is 119 cm³/mol. The van der Waals surface area contributed by atoms with Crippen molar-refractivity contribution in [2.75, 3.05) is 0 Å². The monoisotopic (exact) mass is 453 g/mol. The van der Waals surface area contributed by atoms with E-state index >= 15 is 0 Å². The molecule has 9 nitrogen and oxygen atoms in total. The van der Waals surface area contributed by atoms with Gasteiger partial charge < -0.3 is 20.5 Å². The number of carboxylic acids is 1. The molecule has 1 unspecified atom stereocenters. The molecule has 2 aliphatic carbocycles. The van der Waals surface area contributed by atoms with Gasteiger partial charge in [0, 0.05) is 18.5 Å². The molecule has 2 rings (SSSR count). The van der Waals surface area contributed by atoms with Gasteiger partial charge >= 0.3 is 18.1 Å². The third kappa shape index (κ3) is 8.67. The zero-order valence-corrected chi connectivity index (χ0v) is 19.7. The van der Waals surface area contributed by atoms with E-state index in [0.717, 1.165) is 51.4 Å². The van der Waals surface area contributed by atoms with Gasteiger partial charge in [0.05, 0.1) is 0 Å². The molecule has 0 saturated heterocycles. The Kier molecular flexibility index (Phi) is 9.78. The quantitative estimate of drug-likeness (QED) is 0.536. The van der Waals surface area contributed by atoms with Gasteiger partial charge in [0.15, 0.2) is 0 Å². The number of ether oxygens (including phenoxy) is 1. The number of urea groups is 1. The second-order valence-electron chi connectivity index (χ2n) is 9.92. The fraction of sp³-hybridized carbons (Fsp3) is 0.826. The molecule has 0 aliphatic heterocycles. The molecule has 1 atom stereocenters. The topological polar surface area (TPSA) is 125 Å². The van der Waals surface area contributed by atoms with E-state index < -0.39 is 35.6 Å². The van der Waals surface area contributed by atoms with Crippen molar-refractivity contribution < 1.29 is 29.0 Å². The van der Waals surface area contributed by atoms with Crippen molar-refractivity contribution in [1.29, 1.82) is 0 Å². The number of hydrogen-bond acceptors (Lipinski definition) is 5. The molecule has 0 heterocycles. The number of nitrogens with one attached hydrogen (secondary N) is 2. The number of imide groups is 1. The highest BCUT2D eigenvalue weighted by Crippen LogP contribution is 2.25. The molecule has 0 spiro atoms. The number of carboxylic acid groups (broad SMARTS) is 1. The molecule has 2 aliphatic rings. The fourth-order valence-corrected chi connectivity index (χ4v) is 4.42. The van der Waals surface area contributed by atoms with Crippen LogP contribution in [0.3, 0.4) is 0 Å². The van der Waals surface area contributed by atoms with Crippen molar-refractivity contribution in [3.63, 3.8) is 0 Å². The summed E-state index contributed by atoms with van der Waals surface area (Å²) in [6.45, 7) is 5.10. The van der Waals surface area contributed by atoms with E-state index in [9.17, 15) is 19.2 Å². The highest BCUT2D eigenvalue weighted by atomic mass is 16.6. The Morgan fingerprint density at radius 1 is 0.969 bits per heavy atom. The Hall–Kier alpha value is -2.32.